The van der Waals surface area contributed by atoms with E-state index in [9.17, 15) is 4.79 Å². The third-order valence-corrected chi connectivity index (χ3v) is 3.96. The molecule has 1 aliphatic rings. The molecule has 1 fully saturated rings. The normalized spacial score (nSPS) is 16.2. The van der Waals surface area contributed by atoms with Crippen molar-refractivity contribution in [2.45, 2.75) is 20.4 Å². The molecule has 1 aromatic heterocycles. The second-order valence-corrected chi connectivity index (χ2v) is 5.67. The standard InChI is InChI=1S/C16H22N4O2/c1-3-22-16(21)20-8-6-19(7-9-20)11-15-17-13-5-4-12(2)10-14(13)18-15/h4-5,10H,3,6-9,11H2,1-2H3,(H,17,18). The largest absolute Gasteiger partial charge is 0.450 e. The van der Waals surface area contributed by atoms with E-state index in [1.165, 1.54) is 5.56 Å². The fourth-order valence-electron chi connectivity index (χ4n) is 2.77. The minimum absolute atomic E-state index is 0.207. The number of imidazole rings is 1. The molecule has 6 nitrogen and oxygen atoms in total. The van der Waals surface area contributed by atoms with Crippen molar-refractivity contribution in [1.29, 1.82) is 0 Å². The molecule has 1 amide bonds. The first-order valence-corrected chi connectivity index (χ1v) is 7.75. The minimum atomic E-state index is -0.207. The lowest BCUT2D eigenvalue weighted by molar-refractivity contribution is 0.0773. The van der Waals surface area contributed by atoms with Gasteiger partial charge in [-0.05, 0) is 31.5 Å². The number of carbonyl (C=O) groups excluding carboxylic acids is 1. The molecule has 0 saturated carbocycles. The fraction of sp³-hybridized carbons (Fsp3) is 0.500. The zero-order valence-electron chi connectivity index (χ0n) is 13.1. The van der Waals surface area contributed by atoms with Crippen molar-refractivity contribution in [2.24, 2.45) is 0 Å². The summed E-state index contributed by atoms with van der Waals surface area (Å²) in [7, 11) is 0. The van der Waals surface area contributed by atoms with Gasteiger partial charge in [0, 0.05) is 26.2 Å². The number of carbonyl (C=O) groups is 1. The van der Waals surface area contributed by atoms with Crippen LogP contribution in [0.1, 0.15) is 18.3 Å². The van der Waals surface area contributed by atoms with E-state index >= 15 is 0 Å². The molecule has 1 N–H and O–H groups in total. The van der Waals surface area contributed by atoms with Crippen LogP contribution in [0.3, 0.4) is 0 Å². The number of amides is 1. The number of H-pyrrole nitrogens is 1. The van der Waals surface area contributed by atoms with E-state index in [0.29, 0.717) is 19.7 Å². The molecule has 0 radical (unpaired) electrons. The van der Waals surface area contributed by atoms with E-state index in [0.717, 1.165) is 36.5 Å². The Bertz CT molecular complexity index is 659. The van der Waals surface area contributed by atoms with Crippen LogP contribution in [0, 0.1) is 6.92 Å². The molecule has 2 aromatic rings. The number of aryl methyl sites for hydroxylation is 1. The van der Waals surface area contributed by atoms with E-state index in [1.807, 2.05) is 13.0 Å². The van der Waals surface area contributed by atoms with Crippen LogP contribution >= 0.6 is 0 Å². The van der Waals surface area contributed by atoms with Gasteiger partial charge in [0.15, 0.2) is 0 Å². The Morgan fingerprint density at radius 2 is 2.09 bits per heavy atom. The maximum atomic E-state index is 11.7. The Hall–Kier alpha value is -2.08. The summed E-state index contributed by atoms with van der Waals surface area (Å²) < 4.78 is 5.04. The molecular weight excluding hydrogens is 280 g/mol. The number of aromatic amines is 1. The predicted molar refractivity (Wildman–Crippen MR) is 84.7 cm³/mol. The average molecular weight is 302 g/mol. The molecule has 1 saturated heterocycles. The quantitative estimate of drug-likeness (QED) is 0.943. The van der Waals surface area contributed by atoms with Gasteiger partial charge < -0.3 is 14.6 Å². The Labute approximate surface area is 130 Å². The van der Waals surface area contributed by atoms with Gasteiger partial charge >= 0.3 is 6.09 Å². The molecule has 2 heterocycles. The Morgan fingerprint density at radius 1 is 1.32 bits per heavy atom. The lowest BCUT2D eigenvalue weighted by Crippen LogP contribution is -2.48. The summed E-state index contributed by atoms with van der Waals surface area (Å²) >= 11 is 0. The zero-order valence-corrected chi connectivity index (χ0v) is 13.1. The van der Waals surface area contributed by atoms with Crippen LogP contribution in [0.25, 0.3) is 11.0 Å². The molecule has 3 rings (SSSR count). The molecule has 0 aliphatic carbocycles. The number of hydrogen-bond donors (Lipinski definition) is 1. The number of piperazine rings is 1. The van der Waals surface area contributed by atoms with Gasteiger partial charge in [-0.25, -0.2) is 9.78 Å². The molecule has 0 spiro atoms. The summed E-state index contributed by atoms with van der Waals surface area (Å²) in [6.07, 6.45) is -0.207. The van der Waals surface area contributed by atoms with Crippen LogP contribution in [0.5, 0.6) is 0 Å². The van der Waals surface area contributed by atoms with Crippen molar-refractivity contribution < 1.29 is 9.53 Å². The highest BCUT2D eigenvalue weighted by Gasteiger charge is 2.22. The third kappa shape index (κ3) is 3.22. The van der Waals surface area contributed by atoms with E-state index < -0.39 is 0 Å². The van der Waals surface area contributed by atoms with Gasteiger partial charge in [0.25, 0.3) is 0 Å². The molecule has 118 valence electrons. The van der Waals surface area contributed by atoms with Crippen molar-refractivity contribution in [1.82, 2.24) is 19.8 Å². The summed E-state index contributed by atoms with van der Waals surface area (Å²) in [6.45, 7) is 8.22. The summed E-state index contributed by atoms with van der Waals surface area (Å²) in [5.74, 6) is 0.977. The molecule has 0 bridgehead atoms. The van der Waals surface area contributed by atoms with Crippen molar-refractivity contribution >= 4 is 17.1 Å². The topological polar surface area (TPSA) is 61.5 Å². The number of hydrogen-bond acceptors (Lipinski definition) is 4. The van der Waals surface area contributed by atoms with Gasteiger partial charge in [0.2, 0.25) is 0 Å². The van der Waals surface area contributed by atoms with Crippen molar-refractivity contribution in [3.05, 3.63) is 29.6 Å². The zero-order chi connectivity index (χ0) is 15.5. The highest BCUT2D eigenvalue weighted by atomic mass is 16.6. The van der Waals surface area contributed by atoms with Crippen LogP contribution in [-0.2, 0) is 11.3 Å². The molecule has 6 heteroatoms. The molecule has 1 aliphatic heterocycles. The lowest BCUT2D eigenvalue weighted by atomic mass is 10.2. The van der Waals surface area contributed by atoms with E-state index in [1.54, 1.807) is 4.90 Å². The molecule has 0 unspecified atom stereocenters. The first-order chi connectivity index (χ1) is 10.7. The first-order valence-electron chi connectivity index (χ1n) is 7.75. The van der Waals surface area contributed by atoms with Crippen LogP contribution in [0.2, 0.25) is 0 Å². The highest BCUT2D eigenvalue weighted by molar-refractivity contribution is 5.75. The molecule has 1 aromatic carbocycles. The maximum Gasteiger partial charge on any atom is 0.409 e. The summed E-state index contributed by atoms with van der Waals surface area (Å²) in [6, 6.07) is 6.24. The molecule has 0 atom stereocenters. The van der Waals surface area contributed by atoms with Crippen molar-refractivity contribution in [3.8, 4) is 0 Å². The number of ether oxygens (including phenoxy) is 1. The van der Waals surface area contributed by atoms with Crippen molar-refractivity contribution in [2.75, 3.05) is 32.8 Å². The fourth-order valence-corrected chi connectivity index (χ4v) is 2.77. The Balaban J connectivity index is 1.58. The van der Waals surface area contributed by atoms with Crippen LogP contribution in [-0.4, -0.2) is 58.6 Å². The summed E-state index contributed by atoms with van der Waals surface area (Å²) in [4.78, 5) is 23.8. The molecule has 22 heavy (non-hydrogen) atoms. The van der Waals surface area contributed by atoms with Gasteiger partial charge in [0.05, 0.1) is 24.2 Å². The smallest absolute Gasteiger partial charge is 0.409 e. The highest BCUT2D eigenvalue weighted by Crippen LogP contribution is 2.15. The van der Waals surface area contributed by atoms with Gasteiger partial charge in [-0.2, -0.15) is 0 Å². The van der Waals surface area contributed by atoms with Gasteiger partial charge in [-0.15, -0.1) is 0 Å². The van der Waals surface area contributed by atoms with Crippen LogP contribution in [0.4, 0.5) is 4.79 Å². The van der Waals surface area contributed by atoms with E-state index in [-0.39, 0.29) is 6.09 Å². The van der Waals surface area contributed by atoms with E-state index in [2.05, 4.69) is 33.9 Å². The summed E-state index contributed by atoms with van der Waals surface area (Å²) in [5.41, 5.74) is 3.32. The Morgan fingerprint density at radius 3 is 2.82 bits per heavy atom. The van der Waals surface area contributed by atoms with Crippen molar-refractivity contribution in [3.63, 3.8) is 0 Å². The van der Waals surface area contributed by atoms with Crippen LogP contribution in [0.15, 0.2) is 18.2 Å². The Kier molecular flexibility index (Phi) is 4.29. The SMILES string of the molecule is CCOC(=O)N1CCN(Cc2nc3ccc(C)cc3[nH]2)CC1. The summed E-state index contributed by atoms with van der Waals surface area (Å²) in [5, 5.41) is 0. The number of rotatable bonds is 3. The van der Waals surface area contributed by atoms with Gasteiger partial charge in [-0.1, -0.05) is 6.07 Å². The third-order valence-electron chi connectivity index (χ3n) is 3.96. The molecular formula is C16H22N4O2. The number of aromatic nitrogens is 2. The lowest BCUT2D eigenvalue weighted by Gasteiger charge is -2.33. The monoisotopic (exact) mass is 302 g/mol. The number of benzene rings is 1. The number of nitrogens with one attached hydrogen (secondary N) is 1. The predicted octanol–water partition coefficient (Wildman–Crippen LogP) is 2.15. The average Bonchev–Trinajstić information content (AvgIpc) is 2.89. The second kappa shape index (κ2) is 6.36. The van der Waals surface area contributed by atoms with Gasteiger partial charge in [-0.3, -0.25) is 4.90 Å². The minimum Gasteiger partial charge on any atom is -0.450 e. The number of fused-ring (bicyclic) bond motifs is 1. The maximum absolute atomic E-state index is 11.7. The second-order valence-electron chi connectivity index (χ2n) is 5.67. The van der Waals surface area contributed by atoms with Gasteiger partial charge in [0.1, 0.15) is 5.82 Å². The number of nitrogens with zero attached hydrogens (tertiary/aromatic N) is 3. The van der Waals surface area contributed by atoms with E-state index in [4.69, 9.17) is 4.74 Å². The van der Waals surface area contributed by atoms with Crippen LogP contribution < -0.4 is 0 Å². The first kappa shape index (κ1) is 14.8.